The van der Waals surface area contributed by atoms with Crippen LogP contribution in [-0.2, 0) is 16.0 Å². The van der Waals surface area contributed by atoms with Crippen LogP contribution < -0.4 is 4.74 Å². The first-order valence-electron chi connectivity index (χ1n) is 8.38. The standard InChI is InChI=1S/C20H21F2NO4/c1-26-16-6-3-14(4-7-16)9-11-23(12-10-19(24)27-2)20(25)15-5-8-17(21)18(22)13-15/h3-8,13H,9-12H2,1-2H3. The van der Waals surface area contributed by atoms with Crippen molar-refractivity contribution in [3.05, 3.63) is 65.2 Å². The van der Waals surface area contributed by atoms with E-state index < -0.39 is 23.5 Å². The van der Waals surface area contributed by atoms with E-state index in [-0.39, 0.29) is 18.5 Å². The molecular formula is C20H21F2NO4. The van der Waals surface area contributed by atoms with Crippen molar-refractivity contribution in [2.45, 2.75) is 12.8 Å². The molecule has 144 valence electrons. The molecule has 2 aromatic carbocycles. The molecule has 1 amide bonds. The van der Waals surface area contributed by atoms with E-state index in [1.54, 1.807) is 7.11 Å². The van der Waals surface area contributed by atoms with E-state index in [0.29, 0.717) is 13.0 Å². The molecule has 0 aromatic heterocycles. The van der Waals surface area contributed by atoms with E-state index >= 15 is 0 Å². The van der Waals surface area contributed by atoms with Crippen molar-refractivity contribution in [2.24, 2.45) is 0 Å². The van der Waals surface area contributed by atoms with E-state index in [9.17, 15) is 18.4 Å². The van der Waals surface area contributed by atoms with Crippen LogP contribution >= 0.6 is 0 Å². The van der Waals surface area contributed by atoms with Gasteiger partial charge in [0, 0.05) is 18.7 Å². The second-order valence-corrected chi connectivity index (χ2v) is 5.85. The predicted molar refractivity (Wildman–Crippen MR) is 95.6 cm³/mol. The molecule has 2 aromatic rings. The minimum absolute atomic E-state index is 0.00846. The number of halogens is 2. The van der Waals surface area contributed by atoms with Gasteiger partial charge in [-0.15, -0.1) is 0 Å². The predicted octanol–water partition coefficient (Wildman–Crippen LogP) is 3.22. The minimum Gasteiger partial charge on any atom is -0.497 e. The molecule has 27 heavy (non-hydrogen) atoms. The van der Waals surface area contributed by atoms with Gasteiger partial charge in [0.1, 0.15) is 5.75 Å². The Bertz CT molecular complexity index is 793. The molecular weight excluding hydrogens is 356 g/mol. The lowest BCUT2D eigenvalue weighted by atomic mass is 10.1. The van der Waals surface area contributed by atoms with Crippen LogP contribution in [-0.4, -0.2) is 44.1 Å². The Morgan fingerprint density at radius 1 is 0.963 bits per heavy atom. The number of hydrogen-bond acceptors (Lipinski definition) is 4. The Labute approximate surface area is 156 Å². The fourth-order valence-electron chi connectivity index (χ4n) is 2.51. The number of hydrogen-bond donors (Lipinski definition) is 0. The van der Waals surface area contributed by atoms with Crippen LogP contribution in [0.4, 0.5) is 8.78 Å². The molecule has 2 rings (SSSR count). The van der Waals surface area contributed by atoms with Gasteiger partial charge < -0.3 is 14.4 Å². The second-order valence-electron chi connectivity index (χ2n) is 5.85. The van der Waals surface area contributed by atoms with Crippen molar-refractivity contribution in [2.75, 3.05) is 27.3 Å². The van der Waals surface area contributed by atoms with Crippen LogP contribution in [0.2, 0.25) is 0 Å². The lowest BCUT2D eigenvalue weighted by molar-refractivity contribution is -0.140. The van der Waals surface area contributed by atoms with Crippen LogP contribution in [0.1, 0.15) is 22.3 Å². The number of esters is 1. The van der Waals surface area contributed by atoms with Crippen molar-refractivity contribution in [1.29, 1.82) is 0 Å². The van der Waals surface area contributed by atoms with Crippen molar-refractivity contribution in [3.63, 3.8) is 0 Å². The number of methoxy groups -OCH3 is 2. The van der Waals surface area contributed by atoms with Crippen LogP contribution in [0.3, 0.4) is 0 Å². The zero-order chi connectivity index (χ0) is 19.8. The van der Waals surface area contributed by atoms with E-state index in [1.807, 2.05) is 24.3 Å². The van der Waals surface area contributed by atoms with E-state index in [0.717, 1.165) is 23.4 Å². The first kappa shape index (κ1) is 20.4. The maximum Gasteiger partial charge on any atom is 0.307 e. The lowest BCUT2D eigenvalue weighted by Crippen LogP contribution is -2.35. The molecule has 7 heteroatoms. The van der Waals surface area contributed by atoms with Crippen LogP contribution in [0, 0.1) is 11.6 Å². The highest BCUT2D eigenvalue weighted by molar-refractivity contribution is 5.94. The molecule has 0 bridgehead atoms. The normalized spacial score (nSPS) is 10.4. The maximum absolute atomic E-state index is 13.5. The summed E-state index contributed by atoms with van der Waals surface area (Å²) in [6.45, 7) is 0.418. The highest BCUT2D eigenvalue weighted by Crippen LogP contribution is 2.15. The van der Waals surface area contributed by atoms with E-state index in [4.69, 9.17) is 4.74 Å². The van der Waals surface area contributed by atoms with Gasteiger partial charge >= 0.3 is 5.97 Å². The van der Waals surface area contributed by atoms with Crippen molar-refractivity contribution >= 4 is 11.9 Å². The first-order valence-corrected chi connectivity index (χ1v) is 8.38. The highest BCUT2D eigenvalue weighted by Gasteiger charge is 2.18. The van der Waals surface area contributed by atoms with Gasteiger partial charge in [0.25, 0.3) is 5.91 Å². The summed E-state index contributed by atoms with van der Waals surface area (Å²) in [7, 11) is 2.84. The summed E-state index contributed by atoms with van der Waals surface area (Å²) >= 11 is 0. The number of ether oxygens (including phenoxy) is 2. The summed E-state index contributed by atoms with van der Waals surface area (Å²) in [4.78, 5) is 25.6. The molecule has 0 unspecified atom stereocenters. The monoisotopic (exact) mass is 377 g/mol. The Morgan fingerprint density at radius 3 is 2.26 bits per heavy atom. The quantitative estimate of drug-likeness (QED) is 0.663. The SMILES string of the molecule is COC(=O)CCN(CCc1ccc(OC)cc1)C(=O)c1ccc(F)c(F)c1. The summed E-state index contributed by atoms with van der Waals surface area (Å²) in [5.74, 6) is -2.33. The number of rotatable bonds is 8. The van der Waals surface area contributed by atoms with Crippen LogP contribution in [0.25, 0.3) is 0 Å². The topological polar surface area (TPSA) is 55.8 Å². The molecule has 0 heterocycles. The fraction of sp³-hybridized carbons (Fsp3) is 0.300. The molecule has 0 aliphatic rings. The summed E-state index contributed by atoms with van der Waals surface area (Å²) < 4.78 is 36.3. The summed E-state index contributed by atoms with van der Waals surface area (Å²) in [6.07, 6.45) is 0.537. The number of benzene rings is 2. The molecule has 0 N–H and O–H groups in total. The number of carbonyl (C=O) groups is 2. The first-order chi connectivity index (χ1) is 12.9. The van der Waals surface area contributed by atoms with Gasteiger partial charge in [0.15, 0.2) is 11.6 Å². The van der Waals surface area contributed by atoms with Gasteiger partial charge in [-0.05, 0) is 42.3 Å². The maximum atomic E-state index is 13.5. The van der Waals surface area contributed by atoms with Gasteiger partial charge in [0.2, 0.25) is 0 Å². The van der Waals surface area contributed by atoms with Crippen molar-refractivity contribution in [3.8, 4) is 5.75 Å². The summed E-state index contributed by atoms with van der Waals surface area (Å²) in [5, 5.41) is 0. The van der Waals surface area contributed by atoms with Gasteiger partial charge in [-0.1, -0.05) is 12.1 Å². The Morgan fingerprint density at radius 2 is 1.67 bits per heavy atom. The molecule has 0 saturated carbocycles. The van der Waals surface area contributed by atoms with Crippen LogP contribution in [0.5, 0.6) is 5.75 Å². The van der Waals surface area contributed by atoms with E-state index in [2.05, 4.69) is 4.74 Å². The molecule has 5 nitrogen and oxygen atoms in total. The smallest absolute Gasteiger partial charge is 0.307 e. The molecule has 0 atom stereocenters. The largest absolute Gasteiger partial charge is 0.497 e. The number of nitrogens with zero attached hydrogens (tertiary/aromatic N) is 1. The van der Waals surface area contributed by atoms with Crippen LogP contribution in [0.15, 0.2) is 42.5 Å². The van der Waals surface area contributed by atoms with Gasteiger partial charge in [-0.3, -0.25) is 9.59 Å². The summed E-state index contributed by atoms with van der Waals surface area (Å²) in [5.41, 5.74) is 0.991. The van der Waals surface area contributed by atoms with Crippen molar-refractivity contribution < 1.29 is 27.8 Å². The number of amides is 1. The molecule has 0 radical (unpaired) electrons. The van der Waals surface area contributed by atoms with Gasteiger partial charge in [-0.25, -0.2) is 8.78 Å². The third-order valence-electron chi connectivity index (χ3n) is 4.10. The van der Waals surface area contributed by atoms with Gasteiger partial charge in [0.05, 0.1) is 20.6 Å². The third-order valence-corrected chi connectivity index (χ3v) is 4.10. The second kappa shape index (κ2) is 9.66. The number of carbonyl (C=O) groups excluding carboxylic acids is 2. The fourth-order valence-corrected chi connectivity index (χ4v) is 2.51. The Balaban J connectivity index is 2.12. The lowest BCUT2D eigenvalue weighted by Gasteiger charge is -2.22. The molecule has 0 fully saturated rings. The third kappa shape index (κ3) is 5.77. The van der Waals surface area contributed by atoms with E-state index in [1.165, 1.54) is 18.1 Å². The average molecular weight is 377 g/mol. The van der Waals surface area contributed by atoms with Crippen molar-refractivity contribution in [1.82, 2.24) is 4.90 Å². The minimum atomic E-state index is -1.09. The summed E-state index contributed by atoms with van der Waals surface area (Å²) in [6, 6.07) is 10.4. The molecule has 0 saturated heterocycles. The highest BCUT2D eigenvalue weighted by atomic mass is 19.2. The average Bonchev–Trinajstić information content (AvgIpc) is 2.69. The zero-order valence-corrected chi connectivity index (χ0v) is 15.2. The Kier molecular flexibility index (Phi) is 7.28. The zero-order valence-electron chi connectivity index (χ0n) is 15.2. The molecule has 0 spiro atoms. The molecule has 0 aliphatic heterocycles. The van der Waals surface area contributed by atoms with Gasteiger partial charge in [-0.2, -0.15) is 0 Å². The Hall–Kier alpha value is -2.96. The molecule has 0 aliphatic carbocycles.